The van der Waals surface area contributed by atoms with Gasteiger partial charge in [-0.2, -0.15) is 0 Å². The van der Waals surface area contributed by atoms with E-state index >= 15 is 0 Å². The zero-order chi connectivity index (χ0) is 32.5. The number of hydrogen-bond acceptors (Lipinski definition) is 10. The van der Waals surface area contributed by atoms with Gasteiger partial charge in [-0.05, 0) is 88.5 Å². The van der Waals surface area contributed by atoms with Crippen molar-refractivity contribution in [1.82, 2.24) is 4.90 Å². The lowest BCUT2D eigenvalue weighted by molar-refractivity contribution is -0.161. The van der Waals surface area contributed by atoms with E-state index in [2.05, 4.69) is 0 Å². The molecule has 1 aliphatic heterocycles. The molecule has 242 valence electrons. The number of ether oxygens (including phenoxy) is 3. The fourth-order valence-electron chi connectivity index (χ4n) is 6.45. The molecule has 1 aromatic heterocycles. The summed E-state index contributed by atoms with van der Waals surface area (Å²) in [6.45, 7) is 7.12. The molecule has 0 spiro atoms. The van der Waals surface area contributed by atoms with Gasteiger partial charge in [0, 0.05) is 23.7 Å². The minimum absolute atomic E-state index is 0.0306. The first-order chi connectivity index (χ1) is 21.3. The number of thiocarbonyl (C=S) groups is 1. The molecule has 1 saturated heterocycles. The second-order valence-corrected chi connectivity index (χ2v) is 14.9. The molecule has 3 aliphatic rings. The van der Waals surface area contributed by atoms with Crippen LogP contribution in [0.2, 0.25) is 0 Å². The molecule has 3 fully saturated rings. The van der Waals surface area contributed by atoms with Gasteiger partial charge in [0.1, 0.15) is 32.9 Å². The predicted molar refractivity (Wildman–Crippen MR) is 176 cm³/mol. The predicted octanol–water partition coefficient (Wildman–Crippen LogP) is 6.89. The van der Waals surface area contributed by atoms with Crippen LogP contribution in [-0.2, 0) is 30.3 Å². The Labute approximate surface area is 273 Å². The van der Waals surface area contributed by atoms with Crippen LogP contribution >= 0.6 is 24.0 Å². The van der Waals surface area contributed by atoms with Gasteiger partial charge in [-0.15, -0.1) is 0 Å². The van der Waals surface area contributed by atoms with Crippen LogP contribution in [0.5, 0.6) is 11.5 Å². The highest BCUT2D eigenvalue weighted by Crippen LogP contribution is 2.49. The summed E-state index contributed by atoms with van der Waals surface area (Å²) in [4.78, 5) is 40.6. The van der Waals surface area contributed by atoms with Gasteiger partial charge in [0.15, 0.2) is 0 Å². The van der Waals surface area contributed by atoms with E-state index in [1.165, 1.54) is 37.8 Å². The van der Waals surface area contributed by atoms with E-state index in [0.29, 0.717) is 56.7 Å². The normalized spacial score (nSPS) is 22.7. The maximum absolute atomic E-state index is 13.6. The molecule has 2 heterocycles. The minimum Gasteiger partial charge on any atom is -0.508 e. The van der Waals surface area contributed by atoms with Crippen molar-refractivity contribution in [3.05, 3.63) is 40.5 Å². The van der Waals surface area contributed by atoms with Gasteiger partial charge < -0.3 is 23.7 Å². The SMILES string of the molecule is COc1cc(O)cc(-c2cc(CCCOC(=O)[C@@H](C)CC(=O)OC(C)(C)C)c(/C=C3\SC(=S)N(C4CC5CCC4C5)C3=O)o2)c1. The van der Waals surface area contributed by atoms with Crippen LogP contribution in [0.25, 0.3) is 17.4 Å². The number of benzene rings is 1. The lowest BCUT2D eigenvalue weighted by Gasteiger charge is -2.30. The largest absolute Gasteiger partial charge is 0.508 e. The second kappa shape index (κ2) is 13.6. The van der Waals surface area contributed by atoms with Crippen molar-refractivity contribution < 1.29 is 38.1 Å². The minimum atomic E-state index is -0.631. The molecule has 2 aliphatic carbocycles. The van der Waals surface area contributed by atoms with Crippen molar-refractivity contribution >= 4 is 52.2 Å². The first-order valence-electron chi connectivity index (χ1n) is 15.5. The van der Waals surface area contributed by atoms with Gasteiger partial charge in [0.25, 0.3) is 5.91 Å². The molecule has 0 radical (unpaired) electrons. The molecule has 2 aromatic rings. The van der Waals surface area contributed by atoms with E-state index in [-0.39, 0.29) is 30.7 Å². The molecule has 1 amide bonds. The molecule has 3 unspecified atom stereocenters. The van der Waals surface area contributed by atoms with Crippen LogP contribution in [0.1, 0.15) is 77.5 Å². The first kappa shape index (κ1) is 33.1. The fraction of sp³-hybridized carbons (Fsp3) is 0.529. The van der Waals surface area contributed by atoms with E-state index < -0.39 is 23.5 Å². The third kappa shape index (κ3) is 7.92. The topological polar surface area (TPSA) is 116 Å². The first-order valence-corrected chi connectivity index (χ1v) is 16.7. The zero-order valence-corrected chi connectivity index (χ0v) is 28.1. The molecule has 9 nitrogen and oxygen atoms in total. The summed E-state index contributed by atoms with van der Waals surface area (Å²) >= 11 is 6.98. The number of amides is 1. The highest BCUT2D eigenvalue weighted by molar-refractivity contribution is 8.26. The fourth-order valence-corrected chi connectivity index (χ4v) is 7.80. The number of phenolic OH excluding ortho intramolecular Hbond substituents is 1. The number of nitrogens with zero attached hydrogens (tertiary/aromatic N) is 1. The number of aryl methyl sites for hydroxylation is 1. The van der Waals surface area contributed by atoms with Crippen LogP contribution in [0.15, 0.2) is 33.6 Å². The number of esters is 2. The van der Waals surface area contributed by atoms with Gasteiger partial charge in [-0.3, -0.25) is 19.3 Å². The third-order valence-electron chi connectivity index (χ3n) is 8.50. The number of furan rings is 1. The number of phenols is 1. The Morgan fingerprint density at radius 3 is 2.64 bits per heavy atom. The number of thioether (sulfide) groups is 1. The van der Waals surface area contributed by atoms with E-state index in [9.17, 15) is 19.5 Å². The Hall–Kier alpha value is -3.31. The maximum Gasteiger partial charge on any atom is 0.309 e. The average Bonchev–Trinajstić information content (AvgIpc) is 3.74. The van der Waals surface area contributed by atoms with Crippen molar-refractivity contribution in [3.63, 3.8) is 0 Å². The number of hydrogen-bond donors (Lipinski definition) is 1. The van der Waals surface area contributed by atoms with Crippen molar-refractivity contribution in [2.45, 2.75) is 84.3 Å². The smallest absolute Gasteiger partial charge is 0.309 e. The van der Waals surface area contributed by atoms with Gasteiger partial charge in [-0.25, -0.2) is 0 Å². The third-order valence-corrected chi connectivity index (χ3v) is 9.83. The number of rotatable bonds is 11. The van der Waals surface area contributed by atoms with Crippen LogP contribution < -0.4 is 4.74 Å². The summed E-state index contributed by atoms with van der Waals surface area (Å²) in [5.41, 5.74) is 0.807. The molecule has 11 heteroatoms. The Bertz CT molecular complexity index is 1510. The van der Waals surface area contributed by atoms with Gasteiger partial charge >= 0.3 is 11.9 Å². The summed E-state index contributed by atoms with van der Waals surface area (Å²) in [7, 11) is 1.52. The molecule has 4 atom stereocenters. The van der Waals surface area contributed by atoms with Gasteiger partial charge in [0.2, 0.25) is 0 Å². The molecule has 45 heavy (non-hydrogen) atoms. The standard InChI is InChI=1S/C34H41NO8S2/c1-19(11-30(37)43-34(2,3)4)32(39)41-10-6-7-22-16-27(23-14-24(36)17-25(15-23)40-5)42-28(22)18-29-31(38)35(33(44)45-29)26-13-20-8-9-21(26)12-20/h14-21,26,36H,6-13H2,1-5H3/b29-18-/t19-,20?,21?,26?/m0/s1. The highest BCUT2D eigenvalue weighted by Gasteiger charge is 2.48. The Balaban J connectivity index is 1.30. The Kier molecular flexibility index (Phi) is 9.98. The Morgan fingerprint density at radius 2 is 1.98 bits per heavy atom. The summed E-state index contributed by atoms with van der Waals surface area (Å²) in [6, 6.07) is 6.88. The van der Waals surface area contributed by atoms with E-state index in [4.69, 9.17) is 30.8 Å². The van der Waals surface area contributed by atoms with E-state index in [1.807, 2.05) is 11.0 Å². The molecule has 2 saturated carbocycles. The summed E-state index contributed by atoms with van der Waals surface area (Å²) < 4.78 is 23.0. The number of carbonyl (C=O) groups excluding carboxylic acids is 3. The average molecular weight is 656 g/mol. The molecule has 1 aromatic carbocycles. The van der Waals surface area contributed by atoms with Crippen molar-refractivity contribution in [2.24, 2.45) is 17.8 Å². The number of aromatic hydroxyl groups is 1. The molecule has 2 bridgehead atoms. The van der Waals surface area contributed by atoms with Gasteiger partial charge in [0.05, 0.1) is 31.0 Å². The van der Waals surface area contributed by atoms with Crippen molar-refractivity contribution in [1.29, 1.82) is 0 Å². The monoisotopic (exact) mass is 655 g/mol. The summed E-state index contributed by atoms with van der Waals surface area (Å²) in [6.07, 6.45) is 7.24. The van der Waals surface area contributed by atoms with Gasteiger partial charge in [-0.1, -0.05) is 37.3 Å². The lowest BCUT2D eigenvalue weighted by atomic mass is 9.94. The zero-order valence-electron chi connectivity index (χ0n) is 26.4. The number of methoxy groups -OCH3 is 1. The quantitative estimate of drug-likeness (QED) is 0.119. The molecule has 1 N–H and O–H groups in total. The van der Waals surface area contributed by atoms with E-state index in [1.54, 1.807) is 45.9 Å². The lowest BCUT2D eigenvalue weighted by Crippen LogP contribution is -2.41. The number of fused-ring (bicyclic) bond motifs is 2. The second-order valence-electron chi connectivity index (χ2n) is 13.2. The highest BCUT2D eigenvalue weighted by atomic mass is 32.2. The summed E-state index contributed by atoms with van der Waals surface area (Å²) in [5.74, 6) is 1.07. The van der Waals surface area contributed by atoms with Crippen molar-refractivity contribution in [2.75, 3.05) is 13.7 Å². The van der Waals surface area contributed by atoms with Crippen LogP contribution in [0.4, 0.5) is 0 Å². The number of carbonyl (C=O) groups is 3. The molecule has 5 rings (SSSR count). The van der Waals surface area contributed by atoms with Crippen LogP contribution in [0.3, 0.4) is 0 Å². The molecular weight excluding hydrogens is 615 g/mol. The van der Waals surface area contributed by atoms with Crippen LogP contribution in [0, 0.1) is 17.8 Å². The maximum atomic E-state index is 13.6. The summed E-state index contributed by atoms with van der Waals surface area (Å²) in [5, 5.41) is 10.2. The van der Waals surface area contributed by atoms with Crippen LogP contribution in [-0.4, -0.2) is 57.5 Å². The van der Waals surface area contributed by atoms with Crippen molar-refractivity contribution in [3.8, 4) is 22.8 Å². The Morgan fingerprint density at radius 1 is 1.20 bits per heavy atom. The molecular formula is C34H41NO8S2. The van der Waals surface area contributed by atoms with E-state index in [0.717, 1.165) is 18.4 Å².